The molecule has 9 nitrogen and oxygen atoms in total. The highest BCUT2D eigenvalue weighted by Crippen LogP contribution is 2.28. The average molecular weight is 444 g/mol. The van der Waals surface area contributed by atoms with E-state index in [-0.39, 0.29) is 5.56 Å². The Morgan fingerprint density at radius 3 is 2.45 bits per heavy atom. The summed E-state index contributed by atoms with van der Waals surface area (Å²) >= 11 is 0. The molecule has 9 heteroatoms. The van der Waals surface area contributed by atoms with Crippen LogP contribution in [-0.4, -0.2) is 52.9 Å². The van der Waals surface area contributed by atoms with E-state index in [0.717, 1.165) is 48.6 Å². The van der Waals surface area contributed by atoms with E-state index < -0.39 is 0 Å². The van der Waals surface area contributed by atoms with Crippen molar-refractivity contribution in [1.82, 2.24) is 19.5 Å². The molecule has 0 spiro atoms. The van der Waals surface area contributed by atoms with Gasteiger partial charge >= 0.3 is 0 Å². The Bertz CT molecular complexity index is 1330. The number of benzene rings is 1. The highest BCUT2D eigenvalue weighted by molar-refractivity contribution is 5.95. The van der Waals surface area contributed by atoms with Gasteiger partial charge in [-0.15, -0.1) is 0 Å². The molecule has 0 bridgehead atoms. The number of hydrogen-bond donors (Lipinski definition) is 2. The molecule has 0 atom stereocenters. The zero-order valence-electron chi connectivity index (χ0n) is 18.6. The van der Waals surface area contributed by atoms with E-state index in [1.54, 1.807) is 37.3 Å². The van der Waals surface area contributed by atoms with Crippen LogP contribution in [0.1, 0.15) is 0 Å². The number of nitrogens with one attached hydrogen (secondary N) is 2. The molecule has 0 unspecified atom stereocenters. The molecule has 3 aromatic heterocycles. The lowest BCUT2D eigenvalue weighted by Gasteiger charge is -2.28. The molecule has 168 valence electrons. The average Bonchev–Trinajstić information content (AvgIpc) is 2.87. The van der Waals surface area contributed by atoms with Gasteiger partial charge in [0.15, 0.2) is 0 Å². The normalized spacial score (nSPS) is 13.8. The van der Waals surface area contributed by atoms with Gasteiger partial charge in [0.2, 0.25) is 5.95 Å². The van der Waals surface area contributed by atoms with Gasteiger partial charge in [0.05, 0.1) is 24.3 Å². The Kier molecular flexibility index (Phi) is 5.62. The summed E-state index contributed by atoms with van der Waals surface area (Å²) in [4.78, 5) is 28.6. The summed E-state index contributed by atoms with van der Waals surface area (Å²) < 4.78 is 7.00. The van der Waals surface area contributed by atoms with Crippen molar-refractivity contribution < 1.29 is 4.74 Å². The third-order valence-electron chi connectivity index (χ3n) is 5.74. The number of fused-ring (bicyclic) bond motifs is 1. The number of aryl methyl sites for hydroxylation is 1. The van der Waals surface area contributed by atoms with Crippen LogP contribution in [0.2, 0.25) is 0 Å². The second kappa shape index (κ2) is 8.87. The van der Waals surface area contributed by atoms with Crippen molar-refractivity contribution >= 4 is 33.9 Å². The molecule has 4 heterocycles. The van der Waals surface area contributed by atoms with E-state index in [1.807, 2.05) is 24.3 Å². The van der Waals surface area contributed by atoms with Gasteiger partial charge in [-0.2, -0.15) is 0 Å². The fourth-order valence-corrected chi connectivity index (χ4v) is 3.90. The Hall–Kier alpha value is -3.98. The number of anilines is 4. The van der Waals surface area contributed by atoms with Gasteiger partial charge in [0.1, 0.15) is 5.82 Å². The van der Waals surface area contributed by atoms with Crippen LogP contribution in [0.4, 0.5) is 23.1 Å². The van der Waals surface area contributed by atoms with E-state index in [9.17, 15) is 4.79 Å². The first-order valence-electron chi connectivity index (χ1n) is 10.8. The minimum atomic E-state index is -0.110. The fourth-order valence-electron chi connectivity index (χ4n) is 3.90. The van der Waals surface area contributed by atoms with E-state index in [4.69, 9.17) is 9.72 Å². The van der Waals surface area contributed by atoms with Crippen LogP contribution in [0.25, 0.3) is 22.0 Å². The first-order valence-corrected chi connectivity index (χ1v) is 10.8. The molecule has 0 amide bonds. The smallest absolute Gasteiger partial charge is 0.261 e. The van der Waals surface area contributed by atoms with Crippen molar-refractivity contribution in [3.8, 4) is 11.3 Å². The van der Waals surface area contributed by atoms with Gasteiger partial charge in [0.25, 0.3) is 5.56 Å². The molecule has 0 saturated carbocycles. The summed E-state index contributed by atoms with van der Waals surface area (Å²) in [7, 11) is 3.51. The van der Waals surface area contributed by atoms with Gasteiger partial charge in [-0.25, -0.2) is 15.0 Å². The first-order chi connectivity index (χ1) is 16.1. The maximum atomic E-state index is 13.0. The molecule has 1 aromatic carbocycles. The lowest BCUT2D eigenvalue weighted by atomic mass is 10.1. The molecular weight excluding hydrogens is 418 g/mol. The van der Waals surface area contributed by atoms with Crippen LogP contribution in [0.5, 0.6) is 0 Å². The van der Waals surface area contributed by atoms with Gasteiger partial charge in [0, 0.05) is 62.7 Å². The summed E-state index contributed by atoms with van der Waals surface area (Å²) in [5, 5.41) is 7.60. The number of nitrogens with zero attached hydrogens (tertiary/aromatic N) is 5. The van der Waals surface area contributed by atoms with Crippen LogP contribution in [0.15, 0.2) is 59.8 Å². The highest BCUT2D eigenvalue weighted by atomic mass is 16.5. The van der Waals surface area contributed by atoms with E-state index in [2.05, 4.69) is 37.6 Å². The SMILES string of the molecule is CNc1ncc(-c2cc3ccn(C)c(=O)c3c(Nc3ccc(N4CCOCC4)cc3)n2)cn1. The maximum Gasteiger partial charge on any atom is 0.261 e. The van der Waals surface area contributed by atoms with Crippen molar-refractivity contribution in [3.05, 3.63) is 65.3 Å². The number of hydrogen-bond acceptors (Lipinski definition) is 8. The molecule has 1 aliphatic rings. The molecule has 4 aromatic rings. The predicted molar refractivity (Wildman–Crippen MR) is 130 cm³/mol. The van der Waals surface area contributed by atoms with Crippen molar-refractivity contribution in [3.63, 3.8) is 0 Å². The van der Waals surface area contributed by atoms with Gasteiger partial charge in [-0.3, -0.25) is 4.79 Å². The van der Waals surface area contributed by atoms with E-state index in [1.165, 1.54) is 0 Å². The van der Waals surface area contributed by atoms with Crippen molar-refractivity contribution in [2.45, 2.75) is 0 Å². The van der Waals surface area contributed by atoms with E-state index in [0.29, 0.717) is 22.8 Å². The third-order valence-corrected chi connectivity index (χ3v) is 5.74. The molecule has 0 radical (unpaired) electrons. The summed E-state index contributed by atoms with van der Waals surface area (Å²) in [5.74, 6) is 1.03. The Labute approximate surface area is 191 Å². The molecular formula is C24H25N7O2. The van der Waals surface area contributed by atoms with Gasteiger partial charge in [-0.1, -0.05) is 0 Å². The standard InChI is InChI=1S/C24H25N7O2/c1-25-24-26-14-17(15-27-24)20-13-16-7-8-30(2)23(32)21(16)22(29-20)28-18-3-5-19(6-4-18)31-9-11-33-12-10-31/h3-8,13-15H,9-12H2,1-2H3,(H,28,29)(H,25,26,27). The molecule has 1 fully saturated rings. The number of aromatic nitrogens is 4. The third kappa shape index (κ3) is 4.22. The summed E-state index contributed by atoms with van der Waals surface area (Å²) in [5.41, 5.74) is 3.34. The largest absolute Gasteiger partial charge is 0.378 e. The number of pyridine rings is 2. The zero-order valence-corrected chi connectivity index (χ0v) is 18.6. The second-order valence-electron chi connectivity index (χ2n) is 7.87. The quantitative estimate of drug-likeness (QED) is 0.486. The number of rotatable bonds is 5. The molecule has 0 aliphatic carbocycles. The Morgan fingerprint density at radius 2 is 1.76 bits per heavy atom. The number of morpholine rings is 1. The summed E-state index contributed by atoms with van der Waals surface area (Å²) in [6.45, 7) is 3.24. The zero-order chi connectivity index (χ0) is 22.8. The molecule has 1 aliphatic heterocycles. The minimum Gasteiger partial charge on any atom is -0.378 e. The van der Waals surface area contributed by atoms with Crippen LogP contribution in [0.3, 0.4) is 0 Å². The molecule has 33 heavy (non-hydrogen) atoms. The highest BCUT2D eigenvalue weighted by Gasteiger charge is 2.14. The second-order valence-corrected chi connectivity index (χ2v) is 7.87. The topological polar surface area (TPSA) is 97.2 Å². The van der Waals surface area contributed by atoms with Crippen LogP contribution < -0.4 is 21.1 Å². The van der Waals surface area contributed by atoms with Gasteiger partial charge < -0.3 is 24.8 Å². The van der Waals surface area contributed by atoms with Gasteiger partial charge in [-0.05, 0) is 41.8 Å². The number of ether oxygens (including phenoxy) is 1. The predicted octanol–water partition coefficient (Wildman–Crippen LogP) is 3.01. The van der Waals surface area contributed by atoms with E-state index >= 15 is 0 Å². The molecule has 2 N–H and O–H groups in total. The lowest BCUT2D eigenvalue weighted by molar-refractivity contribution is 0.122. The minimum absolute atomic E-state index is 0.110. The van der Waals surface area contributed by atoms with Crippen LogP contribution in [-0.2, 0) is 11.8 Å². The Morgan fingerprint density at radius 1 is 1.03 bits per heavy atom. The maximum absolute atomic E-state index is 13.0. The first kappa shape index (κ1) is 20.9. The van der Waals surface area contributed by atoms with Crippen LogP contribution >= 0.6 is 0 Å². The summed E-state index contributed by atoms with van der Waals surface area (Å²) in [6, 6.07) is 12.0. The molecule has 1 saturated heterocycles. The van der Waals surface area contributed by atoms with Crippen LogP contribution in [0, 0.1) is 0 Å². The van der Waals surface area contributed by atoms with Crippen molar-refractivity contribution in [2.24, 2.45) is 7.05 Å². The van der Waals surface area contributed by atoms with Crippen molar-refractivity contribution in [2.75, 3.05) is 48.9 Å². The van der Waals surface area contributed by atoms with Crippen molar-refractivity contribution in [1.29, 1.82) is 0 Å². The molecule has 5 rings (SSSR count). The monoisotopic (exact) mass is 443 g/mol. The Balaban J connectivity index is 1.54. The summed E-state index contributed by atoms with van der Waals surface area (Å²) in [6.07, 6.45) is 5.19. The fraction of sp³-hybridized carbons (Fsp3) is 0.250. The lowest BCUT2D eigenvalue weighted by Crippen LogP contribution is -2.36.